The molecule has 190 valence electrons. The number of imide groups is 1. The summed E-state index contributed by atoms with van der Waals surface area (Å²) in [5, 5.41) is 6.54. The maximum atomic E-state index is 13.1. The van der Waals surface area contributed by atoms with E-state index in [0.29, 0.717) is 60.5 Å². The molecule has 3 aromatic rings. The van der Waals surface area contributed by atoms with Crippen molar-refractivity contribution < 1.29 is 19.2 Å². The maximum absolute atomic E-state index is 13.1. The summed E-state index contributed by atoms with van der Waals surface area (Å²) in [5.74, 6) is -0.821. The molecule has 0 bridgehead atoms. The van der Waals surface area contributed by atoms with E-state index in [0.717, 1.165) is 30.4 Å². The molecule has 1 aliphatic heterocycles. The second kappa shape index (κ2) is 11.0. The van der Waals surface area contributed by atoms with Gasteiger partial charge in [0.25, 0.3) is 17.7 Å². The highest BCUT2D eigenvalue weighted by Gasteiger charge is 2.34. The number of rotatable bonds is 10. The van der Waals surface area contributed by atoms with Gasteiger partial charge >= 0.3 is 0 Å². The lowest BCUT2D eigenvalue weighted by Crippen LogP contribution is -2.30. The van der Waals surface area contributed by atoms with Crippen molar-refractivity contribution >= 4 is 40.0 Å². The third-order valence-corrected chi connectivity index (χ3v) is 7.95. The molecular weight excluding hydrogens is 488 g/mol. The molecule has 5 rings (SSSR count). The number of carbonyl (C=O) groups excluding carboxylic acids is 4. The first-order valence-corrected chi connectivity index (χ1v) is 13.4. The molecule has 2 aliphatic rings. The second-order valence-electron chi connectivity index (χ2n) is 9.27. The maximum Gasteiger partial charge on any atom is 0.261 e. The van der Waals surface area contributed by atoms with E-state index in [-0.39, 0.29) is 23.6 Å². The Bertz CT molecular complexity index is 1320. The van der Waals surface area contributed by atoms with E-state index >= 15 is 0 Å². The molecule has 0 atom stereocenters. The summed E-state index contributed by atoms with van der Waals surface area (Å²) in [6.45, 7) is 0.713. The molecule has 2 aromatic heterocycles. The average Bonchev–Trinajstić information content (AvgIpc) is 3.56. The van der Waals surface area contributed by atoms with Gasteiger partial charge in [-0.15, -0.1) is 11.3 Å². The minimum atomic E-state index is -0.251. The van der Waals surface area contributed by atoms with Gasteiger partial charge in [0.2, 0.25) is 5.91 Å². The van der Waals surface area contributed by atoms with Gasteiger partial charge in [-0.25, -0.2) is 0 Å². The van der Waals surface area contributed by atoms with Gasteiger partial charge in [-0.05, 0) is 61.4 Å². The summed E-state index contributed by atoms with van der Waals surface area (Å²) in [4.78, 5) is 57.2. The van der Waals surface area contributed by atoms with E-state index in [1.54, 1.807) is 36.7 Å². The first-order chi connectivity index (χ1) is 18.0. The number of carbonyl (C=O) groups is 4. The SMILES string of the molecule is O=C(CCCCCN1C(=O)c2ccccc2C1=O)Nc1sc2c(c1C(=O)NCc1cccnc1)CCC2. The lowest BCUT2D eigenvalue weighted by Gasteiger charge is -2.13. The zero-order chi connectivity index (χ0) is 25.8. The Kier molecular flexibility index (Phi) is 7.41. The number of pyridine rings is 1. The van der Waals surface area contributed by atoms with Crippen LogP contribution in [-0.2, 0) is 24.2 Å². The Labute approximate surface area is 219 Å². The van der Waals surface area contributed by atoms with Gasteiger partial charge in [0.1, 0.15) is 5.00 Å². The molecule has 0 fully saturated rings. The summed E-state index contributed by atoms with van der Waals surface area (Å²) >= 11 is 1.50. The molecular formula is C28H28N4O4S. The van der Waals surface area contributed by atoms with Crippen LogP contribution in [-0.4, -0.2) is 40.1 Å². The Morgan fingerprint density at radius 2 is 1.76 bits per heavy atom. The van der Waals surface area contributed by atoms with Crippen LogP contribution in [0.3, 0.4) is 0 Å². The van der Waals surface area contributed by atoms with Gasteiger partial charge in [0.05, 0.1) is 16.7 Å². The molecule has 0 unspecified atom stereocenters. The van der Waals surface area contributed by atoms with Crippen LogP contribution in [0.2, 0.25) is 0 Å². The van der Waals surface area contributed by atoms with Gasteiger partial charge in [-0.2, -0.15) is 0 Å². The fourth-order valence-electron chi connectivity index (χ4n) is 4.87. The standard InChI is InChI=1S/C28H28N4O4S/c33-23(13-2-1-5-15-32-27(35)19-9-3-4-10-20(19)28(32)36)31-26-24(21-11-6-12-22(21)37-26)25(34)30-17-18-8-7-14-29-16-18/h3-4,7-10,14,16H,1-2,5-6,11-13,15,17H2,(H,30,34)(H,31,33). The Balaban J connectivity index is 1.11. The monoisotopic (exact) mass is 516 g/mol. The van der Waals surface area contributed by atoms with Crippen molar-refractivity contribution in [3.8, 4) is 0 Å². The summed E-state index contributed by atoms with van der Waals surface area (Å²) in [5.41, 5.74) is 3.45. The quantitative estimate of drug-likeness (QED) is 0.308. The van der Waals surface area contributed by atoms with Gasteiger partial charge < -0.3 is 10.6 Å². The first kappa shape index (κ1) is 24.8. The highest BCUT2D eigenvalue weighted by atomic mass is 32.1. The zero-order valence-electron chi connectivity index (χ0n) is 20.4. The lowest BCUT2D eigenvalue weighted by atomic mass is 10.1. The van der Waals surface area contributed by atoms with Crippen LogP contribution < -0.4 is 10.6 Å². The summed E-state index contributed by atoms with van der Waals surface area (Å²) in [6, 6.07) is 10.6. The van der Waals surface area contributed by atoms with Crippen molar-refractivity contribution in [1.82, 2.24) is 15.2 Å². The Morgan fingerprint density at radius 1 is 0.973 bits per heavy atom. The molecule has 0 saturated heterocycles. The summed E-state index contributed by atoms with van der Waals surface area (Å²) in [6.07, 6.45) is 8.47. The number of thiophene rings is 1. The molecule has 2 N–H and O–H groups in total. The van der Waals surface area contributed by atoms with Crippen LogP contribution in [0.4, 0.5) is 5.00 Å². The molecule has 0 spiro atoms. The van der Waals surface area contributed by atoms with Crippen molar-refractivity contribution in [2.24, 2.45) is 0 Å². The van der Waals surface area contributed by atoms with Gasteiger partial charge in [-0.1, -0.05) is 24.6 Å². The fraction of sp³-hybridized carbons (Fsp3) is 0.321. The van der Waals surface area contributed by atoms with E-state index in [1.165, 1.54) is 21.1 Å². The number of nitrogens with zero attached hydrogens (tertiary/aromatic N) is 2. The number of hydrogen-bond donors (Lipinski definition) is 2. The lowest BCUT2D eigenvalue weighted by molar-refractivity contribution is -0.116. The summed E-state index contributed by atoms with van der Waals surface area (Å²) < 4.78 is 0. The molecule has 8 nitrogen and oxygen atoms in total. The minimum absolute atomic E-state index is 0.137. The number of amides is 4. The fourth-order valence-corrected chi connectivity index (χ4v) is 6.17. The topological polar surface area (TPSA) is 108 Å². The number of fused-ring (bicyclic) bond motifs is 2. The van der Waals surface area contributed by atoms with Crippen molar-refractivity contribution in [1.29, 1.82) is 0 Å². The minimum Gasteiger partial charge on any atom is -0.348 e. The highest BCUT2D eigenvalue weighted by Crippen LogP contribution is 2.39. The van der Waals surface area contributed by atoms with E-state index in [1.807, 2.05) is 12.1 Å². The predicted octanol–water partition coefficient (Wildman–Crippen LogP) is 4.36. The second-order valence-corrected chi connectivity index (χ2v) is 10.4. The van der Waals surface area contributed by atoms with Crippen molar-refractivity contribution in [3.63, 3.8) is 0 Å². The van der Waals surface area contributed by atoms with Gasteiger partial charge in [0.15, 0.2) is 0 Å². The number of benzene rings is 1. The van der Waals surface area contributed by atoms with E-state index in [4.69, 9.17) is 0 Å². The van der Waals surface area contributed by atoms with Gasteiger partial charge in [-0.3, -0.25) is 29.1 Å². The number of aryl methyl sites for hydroxylation is 1. The Morgan fingerprint density at radius 3 is 2.49 bits per heavy atom. The van der Waals surface area contributed by atoms with Crippen LogP contribution in [0.5, 0.6) is 0 Å². The Hall–Kier alpha value is -3.85. The van der Waals surface area contributed by atoms with Crippen molar-refractivity contribution in [2.45, 2.75) is 51.5 Å². The third-order valence-electron chi connectivity index (χ3n) is 6.74. The van der Waals surface area contributed by atoms with E-state index in [2.05, 4.69) is 15.6 Å². The number of anilines is 1. The van der Waals surface area contributed by atoms with E-state index < -0.39 is 0 Å². The number of unbranched alkanes of at least 4 members (excludes halogenated alkanes) is 2. The highest BCUT2D eigenvalue weighted by molar-refractivity contribution is 7.17. The average molecular weight is 517 g/mol. The van der Waals surface area contributed by atoms with Crippen molar-refractivity contribution in [3.05, 3.63) is 81.5 Å². The van der Waals surface area contributed by atoms with Crippen molar-refractivity contribution in [2.75, 3.05) is 11.9 Å². The van der Waals surface area contributed by atoms with Gasteiger partial charge in [0, 0.05) is 36.8 Å². The number of aromatic nitrogens is 1. The van der Waals surface area contributed by atoms with Crippen LogP contribution in [0, 0.1) is 0 Å². The summed E-state index contributed by atoms with van der Waals surface area (Å²) in [7, 11) is 0. The normalized spacial score (nSPS) is 14.0. The molecule has 0 radical (unpaired) electrons. The van der Waals surface area contributed by atoms with E-state index in [9.17, 15) is 19.2 Å². The number of hydrogen-bond acceptors (Lipinski definition) is 6. The molecule has 37 heavy (non-hydrogen) atoms. The molecule has 4 amide bonds. The largest absolute Gasteiger partial charge is 0.348 e. The smallest absolute Gasteiger partial charge is 0.261 e. The van der Waals surface area contributed by atoms with Crippen LogP contribution in [0.1, 0.15) is 79.2 Å². The molecule has 1 aliphatic carbocycles. The third kappa shape index (κ3) is 5.32. The molecule has 9 heteroatoms. The molecule has 1 aromatic carbocycles. The molecule has 0 saturated carbocycles. The van der Waals surface area contributed by atoms with Crippen LogP contribution in [0.25, 0.3) is 0 Å². The van der Waals surface area contributed by atoms with Crippen LogP contribution >= 0.6 is 11.3 Å². The first-order valence-electron chi connectivity index (χ1n) is 12.6. The zero-order valence-corrected chi connectivity index (χ0v) is 21.2. The van der Waals surface area contributed by atoms with Crippen LogP contribution in [0.15, 0.2) is 48.8 Å². The molecule has 3 heterocycles. The number of nitrogens with one attached hydrogen (secondary N) is 2. The predicted molar refractivity (Wildman–Crippen MR) is 141 cm³/mol.